The van der Waals surface area contributed by atoms with Crippen LogP contribution in [0, 0.1) is 0 Å². The minimum Gasteiger partial charge on any atom is -0.480 e. The van der Waals surface area contributed by atoms with Crippen LogP contribution in [0.1, 0.15) is 46.0 Å². The Morgan fingerprint density at radius 1 is 1.35 bits per heavy atom. The van der Waals surface area contributed by atoms with Gasteiger partial charge in [0.05, 0.1) is 0 Å². The molecule has 2 aliphatic heterocycles. The van der Waals surface area contributed by atoms with Crippen molar-refractivity contribution < 1.29 is 9.90 Å². The largest absolute Gasteiger partial charge is 0.480 e. The van der Waals surface area contributed by atoms with E-state index in [0.717, 1.165) is 13.0 Å². The molecule has 2 atom stereocenters. The summed E-state index contributed by atoms with van der Waals surface area (Å²) < 4.78 is 0. The summed E-state index contributed by atoms with van der Waals surface area (Å²) in [6, 6.07) is 0.945. The van der Waals surface area contributed by atoms with Crippen LogP contribution in [0.15, 0.2) is 0 Å². The average Bonchev–Trinajstić information content (AvgIpc) is 2.89. The predicted molar refractivity (Wildman–Crippen MR) is 67.1 cm³/mol. The summed E-state index contributed by atoms with van der Waals surface area (Å²) in [6.07, 6.45) is 4.89. The fourth-order valence-electron chi connectivity index (χ4n) is 3.42. The van der Waals surface area contributed by atoms with E-state index >= 15 is 0 Å². The van der Waals surface area contributed by atoms with Crippen LogP contribution in [0.3, 0.4) is 0 Å². The first-order chi connectivity index (χ1) is 8.13. The van der Waals surface area contributed by atoms with Crippen LogP contribution in [0.4, 0.5) is 0 Å². The topological polar surface area (TPSA) is 52.6 Å². The van der Waals surface area contributed by atoms with Crippen LogP contribution in [0.25, 0.3) is 0 Å². The molecule has 17 heavy (non-hydrogen) atoms. The van der Waals surface area contributed by atoms with E-state index in [1.54, 1.807) is 0 Å². The number of rotatable bonds is 5. The number of hydrogen-bond donors (Lipinski definition) is 2. The second-order valence-corrected chi connectivity index (χ2v) is 5.38. The van der Waals surface area contributed by atoms with Gasteiger partial charge >= 0.3 is 5.97 Å². The molecule has 0 saturated carbocycles. The molecule has 0 spiro atoms. The lowest BCUT2D eigenvalue weighted by Gasteiger charge is -2.34. The van der Waals surface area contributed by atoms with Gasteiger partial charge in [0.1, 0.15) is 5.54 Å². The fraction of sp³-hybridized carbons (Fsp3) is 0.923. The Morgan fingerprint density at radius 2 is 2.06 bits per heavy atom. The monoisotopic (exact) mass is 240 g/mol. The molecule has 2 aliphatic rings. The number of nitrogens with one attached hydrogen (secondary N) is 1. The Balaban J connectivity index is 2.05. The summed E-state index contributed by atoms with van der Waals surface area (Å²) in [5.74, 6) is -0.695. The van der Waals surface area contributed by atoms with E-state index in [4.69, 9.17) is 0 Å². The predicted octanol–water partition coefficient (Wildman–Crippen LogP) is 1.46. The number of carboxylic acids is 1. The molecule has 0 aromatic carbocycles. The minimum absolute atomic E-state index is 0.369. The van der Waals surface area contributed by atoms with E-state index in [9.17, 15) is 9.90 Å². The smallest absolute Gasteiger partial charge is 0.323 e. The van der Waals surface area contributed by atoms with Crippen LogP contribution in [0.2, 0.25) is 0 Å². The van der Waals surface area contributed by atoms with Gasteiger partial charge in [-0.3, -0.25) is 15.0 Å². The Kier molecular flexibility index (Phi) is 3.73. The van der Waals surface area contributed by atoms with Gasteiger partial charge in [-0.2, -0.15) is 0 Å². The Labute approximate surface area is 103 Å². The van der Waals surface area contributed by atoms with E-state index in [1.807, 2.05) is 13.8 Å². The van der Waals surface area contributed by atoms with Crippen molar-refractivity contribution in [3.8, 4) is 0 Å². The second kappa shape index (κ2) is 4.94. The van der Waals surface area contributed by atoms with Gasteiger partial charge in [0.15, 0.2) is 0 Å². The van der Waals surface area contributed by atoms with Gasteiger partial charge in [0.25, 0.3) is 0 Å². The maximum absolute atomic E-state index is 11.5. The highest BCUT2D eigenvalue weighted by Gasteiger charge is 2.43. The Bertz CT molecular complexity index is 289. The highest BCUT2D eigenvalue weighted by molar-refractivity contribution is 5.78. The van der Waals surface area contributed by atoms with E-state index in [0.29, 0.717) is 24.9 Å². The summed E-state index contributed by atoms with van der Waals surface area (Å²) in [4.78, 5) is 14.0. The molecular formula is C13H24N2O2. The van der Waals surface area contributed by atoms with Gasteiger partial charge < -0.3 is 5.11 Å². The Morgan fingerprint density at radius 3 is 2.65 bits per heavy atom. The van der Waals surface area contributed by atoms with Crippen molar-refractivity contribution >= 4 is 5.97 Å². The van der Waals surface area contributed by atoms with Gasteiger partial charge in [-0.25, -0.2) is 0 Å². The van der Waals surface area contributed by atoms with Crippen LogP contribution in [-0.4, -0.2) is 46.7 Å². The number of aliphatic carboxylic acids is 1. The molecule has 0 amide bonds. The molecule has 2 fully saturated rings. The first kappa shape index (κ1) is 12.8. The van der Waals surface area contributed by atoms with Crippen LogP contribution in [0.5, 0.6) is 0 Å². The van der Waals surface area contributed by atoms with Crippen molar-refractivity contribution in [2.75, 3.05) is 13.1 Å². The zero-order valence-corrected chi connectivity index (χ0v) is 10.9. The minimum atomic E-state index is -0.719. The van der Waals surface area contributed by atoms with Crippen molar-refractivity contribution in [2.24, 2.45) is 0 Å². The molecule has 0 aliphatic carbocycles. The molecule has 2 saturated heterocycles. The highest BCUT2D eigenvalue weighted by atomic mass is 16.4. The Hall–Kier alpha value is -0.610. The number of fused-ring (bicyclic) bond motifs is 1. The lowest BCUT2D eigenvalue weighted by atomic mass is 9.90. The average molecular weight is 240 g/mol. The van der Waals surface area contributed by atoms with Gasteiger partial charge in [0, 0.05) is 18.6 Å². The molecule has 0 bridgehead atoms. The van der Waals surface area contributed by atoms with Crippen LogP contribution >= 0.6 is 0 Å². The summed E-state index contributed by atoms with van der Waals surface area (Å²) in [5, 5.41) is 12.9. The summed E-state index contributed by atoms with van der Waals surface area (Å²) >= 11 is 0. The molecule has 98 valence electrons. The zero-order valence-electron chi connectivity index (χ0n) is 10.9. The summed E-state index contributed by atoms with van der Waals surface area (Å²) in [6.45, 7) is 6.25. The van der Waals surface area contributed by atoms with Gasteiger partial charge in [-0.15, -0.1) is 0 Å². The molecule has 2 rings (SSSR count). The van der Waals surface area contributed by atoms with Crippen molar-refractivity contribution in [3.05, 3.63) is 0 Å². The molecule has 2 N–H and O–H groups in total. The van der Waals surface area contributed by atoms with Gasteiger partial charge in [0.2, 0.25) is 0 Å². The van der Waals surface area contributed by atoms with Crippen LogP contribution in [-0.2, 0) is 4.79 Å². The molecule has 0 radical (unpaired) electrons. The molecule has 0 aromatic heterocycles. The number of carboxylic acid groups (broad SMARTS) is 1. The first-order valence-electron chi connectivity index (χ1n) is 6.88. The lowest BCUT2D eigenvalue weighted by molar-refractivity contribution is -0.145. The maximum atomic E-state index is 11.5. The molecule has 4 nitrogen and oxygen atoms in total. The fourth-order valence-corrected chi connectivity index (χ4v) is 3.42. The zero-order chi connectivity index (χ0) is 12.5. The number of nitrogens with zero attached hydrogens (tertiary/aromatic N) is 1. The van der Waals surface area contributed by atoms with Crippen molar-refractivity contribution in [1.82, 2.24) is 10.2 Å². The van der Waals surface area contributed by atoms with Crippen LogP contribution < -0.4 is 5.32 Å². The summed E-state index contributed by atoms with van der Waals surface area (Å²) in [7, 11) is 0. The van der Waals surface area contributed by atoms with E-state index in [1.165, 1.54) is 19.4 Å². The third-order valence-electron chi connectivity index (χ3n) is 4.68. The third-order valence-corrected chi connectivity index (χ3v) is 4.68. The number of hydrogen-bond acceptors (Lipinski definition) is 3. The molecule has 0 aromatic rings. The van der Waals surface area contributed by atoms with E-state index in [2.05, 4.69) is 10.2 Å². The standard InChI is InChI=1S/C13H24N2O2/c1-3-13(4-2,12(16)17)14-10-7-9-15-8-5-6-11(10)15/h10-11,14H,3-9H2,1-2H3,(H,16,17). The quantitative estimate of drug-likeness (QED) is 0.764. The summed E-state index contributed by atoms with van der Waals surface area (Å²) in [5.41, 5.74) is -0.719. The molecular weight excluding hydrogens is 216 g/mol. The van der Waals surface area contributed by atoms with Crippen molar-refractivity contribution in [3.63, 3.8) is 0 Å². The molecule has 2 heterocycles. The highest BCUT2D eigenvalue weighted by Crippen LogP contribution is 2.30. The normalized spacial score (nSPS) is 29.5. The molecule has 4 heteroatoms. The SMILES string of the molecule is CCC(CC)(NC1CCN2CCCC12)C(=O)O. The van der Waals surface area contributed by atoms with Gasteiger partial charge in [-0.1, -0.05) is 13.8 Å². The number of carbonyl (C=O) groups is 1. The lowest BCUT2D eigenvalue weighted by Crippen LogP contribution is -2.57. The molecule has 2 unspecified atom stereocenters. The van der Waals surface area contributed by atoms with Gasteiger partial charge in [-0.05, 0) is 38.6 Å². The van der Waals surface area contributed by atoms with Crippen molar-refractivity contribution in [1.29, 1.82) is 0 Å². The van der Waals surface area contributed by atoms with Crippen molar-refractivity contribution in [2.45, 2.75) is 63.6 Å². The maximum Gasteiger partial charge on any atom is 0.323 e. The van der Waals surface area contributed by atoms with E-state index in [-0.39, 0.29) is 0 Å². The second-order valence-electron chi connectivity index (χ2n) is 5.38. The third kappa shape index (κ3) is 2.20. The van der Waals surface area contributed by atoms with E-state index < -0.39 is 11.5 Å². The first-order valence-corrected chi connectivity index (χ1v) is 6.88.